The molecule has 0 aliphatic carbocycles. The summed E-state index contributed by atoms with van der Waals surface area (Å²) < 4.78 is 29.1. The summed E-state index contributed by atoms with van der Waals surface area (Å²) in [6.07, 6.45) is 2.68. The second-order valence-corrected chi connectivity index (χ2v) is 8.52. The van der Waals surface area contributed by atoms with Crippen molar-refractivity contribution >= 4 is 16.7 Å². The molecular formula is C22H31F2N7O. The molecule has 0 bridgehead atoms. The number of aromatic amines is 1. The van der Waals surface area contributed by atoms with Crippen LogP contribution in [0.25, 0.3) is 11.0 Å². The SMILES string of the molecule is CC[C@H]1CN(C(C)c2ccnn2CC(F)F)[C@H](CC)CN1c1cc(=O)n(C)c2c[nH]nc12. The van der Waals surface area contributed by atoms with E-state index in [-0.39, 0.29) is 23.7 Å². The van der Waals surface area contributed by atoms with E-state index >= 15 is 0 Å². The third-order valence-electron chi connectivity index (χ3n) is 6.79. The Morgan fingerprint density at radius 3 is 2.66 bits per heavy atom. The molecular weight excluding hydrogens is 416 g/mol. The van der Waals surface area contributed by atoms with Crippen LogP contribution in [0.2, 0.25) is 0 Å². The molecule has 174 valence electrons. The number of nitrogens with one attached hydrogen (secondary N) is 1. The molecule has 4 heterocycles. The van der Waals surface area contributed by atoms with E-state index in [9.17, 15) is 13.6 Å². The van der Waals surface area contributed by atoms with Gasteiger partial charge in [-0.25, -0.2) is 8.78 Å². The van der Waals surface area contributed by atoms with Crippen molar-refractivity contribution < 1.29 is 8.78 Å². The van der Waals surface area contributed by atoms with Crippen LogP contribution in [0, 0.1) is 0 Å². The van der Waals surface area contributed by atoms with Crippen LogP contribution in [0.3, 0.4) is 0 Å². The fourth-order valence-electron chi connectivity index (χ4n) is 4.95. The van der Waals surface area contributed by atoms with Crippen molar-refractivity contribution in [3.05, 3.63) is 40.6 Å². The molecule has 10 heteroatoms. The van der Waals surface area contributed by atoms with E-state index in [2.05, 4.69) is 45.9 Å². The third kappa shape index (κ3) is 3.92. The number of anilines is 1. The molecule has 0 aromatic carbocycles. The maximum atomic E-state index is 13.0. The zero-order valence-electron chi connectivity index (χ0n) is 19.0. The van der Waals surface area contributed by atoms with Gasteiger partial charge < -0.3 is 9.47 Å². The monoisotopic (exact) mass is 447 g/mol. The van der Waals surface area contributed by atoms with Gasteiger partial charge in [-0.15, -0.1) is 0 Å². The van der Waals surface area contributed by atoms with Crippen LogP contribution in [0.4, 0.5) is 14.5 Å². The lowest BCUT2D eigenvalue weighted by atomic mass is 9.98. The normalized spacial score (nSPS) is 21.0. The predicted octanol–water partition coefficient (Wildman–Crippen LogP) is 3.16. The maximum Gasteiger partial charge on any atom is 0.257 e. The first kappa shape index (κ1) is 22.4. The van der Waals surface area contributed by atoms with E-state index in [1.54, 1.807) is 30.1 Å². The van der Waals surface area contributed by atoms with E-state index < -0.39 is 13.0 Å². The number of nitrogens with zero attached hydrogens (tertiary/aromatic N) is 6. The standard InChI is InChI=1S/C22H31F2N7O/c1-5-15-12-30(18-9-21(32)28(4)19-10-25-27-22(18)19)16(6-2)11-29(15)14(3)17-7-8-26-31(17)13-20(23)24/h7-10,14-16,20H,5-6,11-13H2,1-4H3,(H,25,27)/t14?,15-,16+/m1/s1. The summed E-state index contributed by atoms with van der Waals surface area (Å²) in [7, 11) is 1.75. The molecule has 0 amide bonds. The molecule has 1 N–H and O–H groups in total. The first-order chi connectivity index (χ1) is 15.3. The Morgan fingerprint density at radius 1 is 1.22 bits per heavy atom. The Bertz CT molecular complexity index is 1120. The molecule has 0 spiro atoms. The fourth-order valence-corrected chi connectivity index (χ4v) is 4.95. The first-order valence-electron chi connectivity index (χ1n) is 11.2. The van der Waals surface area contributed by atoms with Gasteiger partial charge >= 0.3 is 0 Å². The highest BCUT2D eigenvalue weighted by Gasteiger charge is 2.37. The van der Waals surface area contributed by atoms with Gasteiger partial charge in [0.2, 0.25) is 0 Å². The summed E-state index contributed by atoms with van der Waals surface area (Å²) in [6.45, 7) is 7.43. The number of aryl methyl sites for hydroxylation is 1. The van der Waals surface area contributed by atoms with Crippen molar-refractivity contribution in [3.63, 3.8) is 0 Å². The number of piperazine rings is 1. The van der Waals surface area contributed by atoms with Crippen molar-refractivity contribution in [3.8, 4) is 0 Å². The number of pyridine rings is 1. The van der Waals surface area contributed by atoms with Gasteiger partial charge in [-0.2, -0.15) is 10.2 Å². The van der Waals surface area contributed by atoms with Gasteiger partial charge in [0.05, 0.1) is 16.9 Å². The predicted molar refractivity (Wildman–Crippen MR) is 120 cm³/mol. The van der Waals surface area contributed by atoms with Crippen LogP contribution in [0.15, 0.2) is 29.3 Å². The van der Waals surface area contributed by atoms with E-state index in [1.165, 1.54) is 4.68 Å². The lowest BCUT2D eigenvalue weighted by molar-refractivity contribution is 0.0883. The maximum absolute atomic E-state index is 13.0. The van der Waals surface area contributed by atoms with E-state index in [4.69, 9.17) is 0 Å². The summed E-state index contributed by atoms with van der Waals surface area (Å²) in [5, 5.41) is 11.4. The molecule has 1 aliphatic heterocycles. The molecule has 4 rings (SSSR count). The van der Waals surface area contributed by atoms with Crippen molar-refractivity contribution in [2.45, 2.75) is 64.7 Å². The third-order valence-corrected chi connectivity index (χ3v) is 6.79. The summed E-state index contributed by atoms with van der Waals surface area (Å²) in [6, 6.07) is 3.82. The molecule has 8 nitrogen and oxygen atoms in total. The molecule has 32 heavy (non-hydrogen) atoms. The molecule has 1 unspecified atom stereocenters. The van der Waals surface area contributed by atoms with Crippen molar-refractivity contribution in [2.75, 3.05) is 18.0 Å². The van der Waals surface area contributed by atoms with Gasteiger partial charge in [0.25, 0.3) is 12.0 Å². The summed E-state index contributed by atoms with van der Waals surface area (Å²) >= 11 is 0. The topological polar surface area (TPSA) is 75.0 Å². The van der Waals surface area contributed by atoms with Crippen molar-refractivity contribution in [2.24, 2.45) is 7.05 Å². The molecule has 1 aliphatic rings. The summed E-state index contributed by atoms with van der Waals surface area (Å²) in [5.74, 6) is 0. The Kier molecular flexibility index (Phi) is 6.32. The molecule has 3 atom stereocenters. The van der Waals surface area contributed by atoms with Crippen LogP contribution < -0.4 is 10.5 Å². The fraction of sp³-hybridized carbons (Fsp3) is 0.591. The van der Waals surface area contributed by atoms with Crippen LogP contribution in [-0.2, 0) is 13.6 Å². The van der Waals surface area contributed by atoms with Crippen molar-refractivity contribution in [1.82, 2.24) is 29.4 Å². The molecule has 1 saturated heterocycles. The minimum absolute atomic E-state index is 0.0496. The minimum Gasteiger partial charge on any atom is -0.364 e. The van der Waals surface area contributed by atoms with E-state index in [0.29, 0.717) is 0 Å². The summed E-state index contributed by atoms with van der Waals surface area (Å²) in [5.41, 5.74) is 3.16. The smallest absolute Gasteiger partial charge is 0.257 e. The Hall–Kier alpha value is -2.75. The van der Waals surface area contributed by atoms with E-state index in [0.717, 1.165) is 48.3 Å². The Labute approximate surface area is 185 Å². The van der Waals surface area contributed by atoms with Gasteiger partial charge in [-0.3, -0.25) is 19.5 Å². The van der Waals surface area contributed by atoms with Crippen LogP contribution >= 0.6 is 0 Å². The zero-order valence-corrected chi connectivity index (χ0v) is 19.0. The number of alkyl halides is 2. The lowest BCUT2D eigenvalue weighted by Gasteiger charge is -2.49. The lowest BCUT2D eigenvalue weighted by Crippen LogP contribution is -2.59. The number of hydrogen-bond donors (Lipinski definition) is 1. The average molecular weight is 448 g/mol. The second kappa shape index (κ2) is 9.01. The van der Waals surface area contributed by atoms with Gasteiger partial charge in [0, 0.05) is 56.7 Å². The molecule has 0 radical (unpaired) electrons. The highest BCUT2D eigenvalue weighted by atomic mass is 19.3. The number of hydrogen-bond acceptors (Lipinski definition) is 5. The van der Waals surface area contributed by atoms with Crippen molar-refractivity contribution in [1.29, 1.82) is 0 Å². The largest absolute Gasteiger partial charge is 0.364 e. The number of fused-ring (bicyclic) bond motifs is 1. The molecule has 0 saturated carbocycles. The average Bonchev–Trinajstić information content (AvgIpc) is 3.44. The van der Waals surface area contributed by atoms with Crippen LogP contribution in [-0.4, -0.2) is 61.0 Å². The Morgan fingerprint density at radius 2 is 1.97 bits per heavy atom. The van der Waals surface area contributed by atoms with E-state index in [1.807, 2.05) is 6.07 Å². The van der Waals surface area contributed by atoms with Gasteiger partial charge in [-0.1, -0.05) is 13.8 Å². The minimum atomic E-state index is -2.44. The van der Waals surface area contributed by atoms with Gasteiger partial charge in [0.15, 0.2) is 0 Å². The van der Waals surface area contributed by atoms with Gasteiger partial charge in [-0.05, 0) is 25.8 Å². The molecule has 1 fully saturated rings. The van der Waals surface area contributed by atoms with Gasteiger partial charge in [0.1, 0.15) is 12.1 Å². The highest BCUT2D eigenvalue weighted by Crippen LogP contribution is 2.34. The summed E-state index contributed by atoms with van der Waals surface area (Å²) in [4.78, 5) is 17.3. The second-order valence-electron chi connectivity index (χ2n) is 8.52. The van der Waals surface area contributed by atoms with Crippen LogP contribution in [0.5, 0.6) is 0 Å². The number of rotatable bonds is 7. The van der Waals surface area contributed by atoms with Crippen LogP contribution in [0.1, 0.15) is 45.3 Å². The quantitative estimate of drug-likeness (QED) is 0.602. The number of aromatic nitrogens is 5. The highest BCUT2D eigenvalue weighted by molar-refractivity contribution is 5.88. The number of halogens is 2. The number of H-pyrrole nitrogens is 1. The first-order valence-corrected chi connectivity index (χ1v) is 11.2. The Balaban J connectivity index is 1.67. The molecule has 3 aromatic rings. The molecule has 3 aromatic heterocycles. The zero-order chi connectivity index (χ0) is 23.0.